The van der Waals surface area contributed by atoms with Gasteiger partial charge in [0, 0.05) is 6.07 Å². The molecule has 1 heterocycles. The maximum Gasteiger partial charge on any atom is 0.300 e. The molecule has 0 fully saturated rings. The van der Waals surface area contributed by atoms with Crippen LogP contribution in [0, 0.1) is 10.1 Å². The maximum atomic E-state index is 10.7. The van der Waals surface area contributed by atoms with Crippen molar-refractivity contribution >= 4 is 28.9 Å². The molecule has 0 unspecified atom stereocenters. The monoisotopic (exact) mass is 238 g/mol. The Morgan fingerprint density at radius 3 is 2.94 bits per heavy atom. The summed E-state index contributed by atoms with van der Waals surface area (Å²) in [6, 6.07) is 2.69. The number of ether oxygens (including phenoxy) is 1. The zero-order valence-corrected chi connectivity index (χ0v) is 8.32. The van der Waals surface area contributed by atoms with Crippen molar-refractivity contribution in [2.24, 2.45) is 0 Å². The Kier molecular flexibility index (Phi) is 2.81. The molecule has 1 aromatic carbocycles. The standard InChI is InChI=1S/C8H6N4O5/c13-4-16-3-9-5-1-2-6(12(14)15)8-7(5)10-17-11-8/h1-2,4,9H,3H2. The van der Waals surface area contributed by atoms with Crippen LogP contribution in [0.25, 0.3) is 11.0 Å². The Balaban J connectivity index is 2.39. The van der Waals surface area contributed by atoms with Crippen LogP contribution >= 0.6 is 0 Å². The Bertz CT molecular complexity index is 566. The predicted molar refractivity (Wildman–Crippen MR) is 54.1 cm³/mol. The zero-order valence-electron chi connectivity index (χ0n) is 8.32. The number of hydrogen-bond donors (Lipinski definition) is 1. The third-order valence-corrected chi connectivity index (χ3v) is 2.00. The molecule has 2 rings (SSSR count). The number of hydrogen-bond acceptors (Lipinski definition) is 8. The first-order valence-electron chi connectivity index (χ1n) is 4.43. The Labute approximate surface area is 93.5 Å². The molecular formula is C8H6N4O5. The highest BCUT2D eigenvalue weighted by Gasteiger charge is 2.19. The average Bonchev–Trinajstić information content (AvgIpc) is 2.78. The van der Waals surface area contributed by atoms with Crippen molar-refractivity contribution < 1.29 is 19.1 Å². The van der Waals surface area contributed by atoms with E-state index in [0.29, 0.717) is 5.69 Å². The molecule has 0 aliphatic heterocycles. The molecule has 0 radical (unpaired) electrons. The number of nitrogens with one attached hydrogen (secondary N) is 1. The lowest BCUT2D eigenvalue weighted by atomic mass is 10.2. The molecule has 0 aliphatic rings. The number of carbonyl (C=O) groups is 1. The molecule has 0 amide bonds. The van der Waals surface area contributed by atoms with Gasteiger partial charge in [0.2, 0.25) is 5.52 Å². The van der Waals surface area contributed by atoms with Crippen molar-refractivity contribution in [3.05, 3.63) is 22.2 Å². The molecule has 88 valence electrons. The van der Waals surface area contributed by atoms with E-state index in [-0.39, 0.29) is 29.9 Å². The fourth-order valence-corrected chi connectivity index (χ4v) is 1.30. The number of carbonyl (C=O) groups excluding carboxylic acids is 1. The van der Waals surface area contributed by atoms with E-state index in [1.807, 2.05) is 0 Å². The molecule has 0 atom stereocenters. The number of nitro benzene ring substituents is 1. The topological polar surface area (TPSA) is 120 Å². The minimum Gasteiger partial charge on any atom is -0.447 e. The van der Waals surface area contributed by atoms with Crippen LogP contribution in [0.5, 0.6) is 0 Å². The largest absolute Gasteiger partial charge is 0.447 e. The zero-order chi connectivity index (χ0) is 12.3. The number of fused-ring (bicyclic) bond motifs is 1. The molecule has 0 spiro atoms. The van der Waals surface area contributed by atoms with Crippen LogP contribution < -0.4 is 5.32 Å². The molecule has 9 nitrogen and oxygen atoms in total. The SMILES string of the molecule is O=COCNc1ccc([N+](=O)[O-])c2nonc12. The van der Waals surface area contributed by atoms with E-state index in [0.717, 1.165) is 0 Å². The van der Waals surface area contributed by atoms with Crippen molar-refractivity contribution in [1.29, 1.82) is 0 Å². The van der Waals surface area contributed by atoms with Crippen molar-refractivity contribution in [3.8, 4) is 0 Å². The van der Waals surface area contributed by atoms with E-state index in [2.05, 4.69) is 25.0 Å². The lowest BCUT2D eigenvalue weighted by molar-refractivity contribution is -0.383. The first-order chi connectivity index (χ1) is 8.24. The minimum atomic E-state index is -0.585. The number of aromatic nitrogens is 2. The molecule has 1 aromatic heterocycles. The first-order valence-corrected chi connectivity index (χ1v) is 4.43. The number of anilines is 1. The third kappa shape index (κ3) is 1.97. The highest BCUT2D eigenvalue weighted by molar-refractivity contribution is 5.93. The highest BCUT2D eigenvalue weighted by atomic mass is 16.6. The van der Waals surface area contributed by atoms with Crippen LogP contribution in [0.3, 0.4) is 0 Å². The first kappa shape index (κ1) is 10.8. The summed E-state index contributed by atoms with van der Waals surface area (Å²) in [4.78, 5) is 20.1. The molecular weight excluding hydrogens is 232 g/mol. The summed E-state index contributed by atoms with van der Waals surface area (Å²) in [6.45, 7) is 0.194. The van der Waals surface area contributed by atoms with Crippen LogP contribution in [0.2, 0.25) is 0 Å². The number of nitro groups is 1. The van der Waals surface area contributed by atoms with E-state index in [9.17, 15) is 14.9 Å². The summed E-state index contributed by atoms with van der Waals surface area (Å²) in [5.74, 6) is 0. The van der Waals surface area contributed by atoms with Crippen molar-refractivity contribution in [1.82, 2.24) is 10.3 Å². The average molecular weight is 238 g/mol. The van der Waals surface area contributed by atoms with Gasteiger partial charge in [0.25, 0.3) is 6.47 Å². The molecule has 17 heavy (non-hydrogen) atoms. The van der Waals surface area contributed by atoms with Crippen LogP contribution in [-0.2, 0) is 9.53 Å². The van der Waals surface area contributed by atoms with Gasteiger partial charge in [0.15, 0.2) is 12.2 Å². The molecule has 2 aromatic rings. The Hall–Kier alpha value is -2.71. The summed E-state index contributed by atoms with van der Waals surface area (Å²) < 4.78 is 8.88. The van der Waals surface area contributed by atoms with E-state index >= 15 is 0 Å². The predicted octanol–water partition coefficient (Wildman–Crippen LogP) is 0.673. The van der Waals surface area contributed by atoms with Gasteiger partial charge in [-0.3, -0.25) is 14.9 Å². The second kappa shape index (κ2) is 4.43. The quantitative estimate of drug-likeness (QED) is 0.265. The lowest BCUT2D eigenvalue weighted by Gasteiger charge is -2.03. The van der Waals surface area contributed by atoms with Gasteiger partial charge in [-0.1, -0.05) is 0 Å². The fourth-order valence-electron chi connectivity index (χ4n) is 1.30. The van der Waals surface area contributed by atoms with Crippen molar-refractivity contribution in [2.75, 3.05) is 12.0 Å². The molecule has 1 N–H and O–H groups in total. The summed E-state index contributed by atoms with van der Waals surface area (Å²) in [7, 11) is 0. The normalized spacial score (nSPS) is 10.1. The van der Waals surface area contributed by atoms with Crippen LogP contribution in [0.4, 0.5) is 11.4 Å². The van der Waals surface area contributed by atoms with E-state index in [4.69, 9.17) is 0 Å². The van der Waals surface area contributed by atoms with Gasteiger partial charge in [-0.15, -0.1) is 0 Å². The van der Waals surface area contributed by atoms with Crippen LogP contribution in [0.1, 0.15) is 0 Å². The number of non-ortho nitro benzene ring substituents is 1. The number of nitrogens with zero attached hydrogens (tertiary/aromatic N) is 3. The molecule has 9 heteroatoms. The summed E-state index contributed by atoms with van der Waals surface area (Å²) in [5.41, 5.74) is 0.455. The van der Waals surface area contributed by atoms with Gasteiger partial charge < -0.3 is 10.1 Å². The lowest BCUT2D eigenvalue weighted by Crippen LogP contribution is -2.05. The van der Waals surface area contributed by atoms with E-state index in [1.54, 1.807) is 0 Å². The maximum absolute atomic E-state index is 10.7. The summed E-state index contributed by atoms with van der Waals surface area (Å²) >= 11 is 0. The molecule has 0 aliphatic carbocycles. The van der Waals surface area contributed by atoms with E-state index in [1.165, 1.54) is 12.1 Å². The second-order valence-corrected chi connectivity index (χ2v) is 2.93. The minimum absolute atomic E-state index is 0.0334. The van der Waals surface area contributed by atoms with Gasteiger partial charge in [0.05, 0.1) is 10.6 Å². The van der Waals surface area contributed by atoms with Crippen LogP contribution in [0.15, 0.2) is 16.8 Å². The molecule has 0 saturated heterocycles. The van der Waals surface area contributed by atoms with Crippen molar-refractivity contribution in [3.63, 3.8) is 0 Å². The van der Waals surface area contributed by atoms with Crippen LogP contribution in [-0.4, -0.2) is 28.4 Å². The van der Waals surface area contributed by atoms with Crippen molar-refractivity contribution in [2.45, 2.75) is 0 Å². The summed E-state index contributed by atoms with van der Waals surface area (Å²) in [6.07, 6.45) is 0. The highest BCUT2D eigenvalue weighted by Crippen LogP contribution is 2.28. The molecule has 0 saturated carbocycles. The smallest absolute Gasteiger partial charge is 0.300 e. The Morgan fingerprint density at radius 1 is 1.47 bits per heavy atom. The number of rotatable bonds is 5. The fraction of sp³-hybridized carbons (Fsp3) is 0.125. The second-order valence-electron chi connectivity index (χ2n) is 2.93. The van der Waals surface area contributed by atoms with Gasteiger partial charge in [-0.25, -0.2) is 4.63 Å². The van der Waals surface area contributed by atoms with Gasteiger partial charge in [0.1, 0.15) is 0 Å². The van der Waals surface area contributed by atoms with E-state index < -0.39 is 4.92 Å². The van der Waals surface area contributed by atoms with Gasteiger partial charge in [-0.2, -0.15) is 0 Å². The molecule has 0 bridgehead atoms. The van der Waals surface area contributed by atoms with Gasteiger partial charge in [-0.05, 0) is 16.4 Å². The number of benzene rings is 1. The van der Waals surface area contributed by atoms with Gasteiger partial charge >= 0.3 is 5.69 Å². The Morgan fingerprint density at radius 2 is 2.24 bits per heavy atom. The summed E-state index contributed by atoms with van der Waals surface area (Å²) in [5, 5.41) is 20.4. The third-order valence-electron chi connectivity index (χ3n) is 2.00.